The lowest BCUT2D eigenvalue weighted by Gasteiger charge is -2.23. The molecule has 2 aromatic rings. The first-order valence-corrected chi connectivity index (χ1v) is 9.18. The molecule has 1 aliphatic heterocycles. The molecule has 1 atom stereocenters. The van der Waals surface area contributed by atoms with E-state index in [9.17, 15) is 14.0 Å². The Morgan fingerprint density at radius 1 is 1.17 bits per heavy atom. The van der Waals surface area contributed by atoms with Crippen molar-refractivity contribution in [3.8, 4) is 11.5 Å². The highest BCUT2D eigenvalue weighted by Gasteiger charge is 2.36. The number of esters is 1. The summed E-state index contributed by atoms with van der Waals surface area (Å²) in [5.74, 6) is -0.791. The van der Waals surface area contributed by atoms with E-state index in [1.165, 1.54) is 30.2 Å². The summed E-state index contributed by atoms with van der Waals surface area (Å²) < 4.78 is 24.8. The lowest BCUT2D eigenvalue weighted by molar-refractivity contribution is -0.145. The minimum atomic E-state index is -0.684. The van der Waals surface area contributed by atoms with Crippen molar-refractivity contribution in [3.05, 3.63) is 59.4 Å². The highest BCUT2D eigenvalue weighted by Crippen LogP contribution is 2.27. The topological polar surface area (TPSA) is 81.9 Å². The molecule has 29 heavy (non-hydrogen) atoms. The summed E-state index contributed by atoms with van der Waals surface area (Å²) in [7, 11) is 1.27. The van der Waals surface area contributed by atoms with E-state index >= 15 is 0 Å². The first-order valence-electron chi connectivity index (χ1n) is 9.18. The van der Waals surface area contributed by atoms with Crippen LogP contribution in [0.25, 0.3) is 0 Å². The van der Waals surface area contributed by atoms with E-state index in [4.69, 9.17) is 15.2 Å². The van der Waals surface area contributed by atoms with Crippen molar-refractivity contribution in [2.24, 2.45) is 5.73 Å². The number of carbonyl (C=O) groups is 2. The van der Waals surface area contributed by atoms with Crippen molar-refractivity contribution in [3.63, 3.8) is 0 Å². The van der Waals surface area contributed by atoms with Gasteiger partial charge in [0, 0.05) is 6.54 Å². The van der Waals surface area contributed by atoms with Gasteiger partial charge in [0.2, 0.25) is 0 Å². The van der Waals surface area contributed by atoms with Gasteiger partial charge in [-0.3, -0.25) is 4.79 Å². The number of ether oxygens (including phenoxy) is 2. The molecule has 0 unspecified atom stereocenters. The van der Waals surface area contributed by atoms with E-state index < -0.39 is 23.7 Å². The first-order chi connectivity index (χ1) is 13.5. The van der Waals surface area contributed by atoms with Crippen LogP contribution in [0.2, 0.25) is 0 Å². The number of nitrogens with two attached hydrogens (primary N) is 1. The fourth-order valence-electron chi connectivity index (χ4n) is 3.30. The van der Waals surface area contributed by atoms with Crippen molar-refractivity contribution in [2.75, 3.05) is 20.2 Å². The summed E-state index contributed by atoms with van der Waals surface area (Å²) in [6.07, 6.45) is 1.94. The average molecular weight is 423 g/mol. The molecule has 3 rings (SSSR count). The Bertz CT molecular complexity index is 860. The standard InChI is InChI=1S/C21H23FN2O4.ClH/c1-27-21(26)19-3-2-12-24(19)20(25)17-13-16(8-9-18(17)22)28-15-6-4-14(5-7-15)10-11-23;/h4-9,13,19H,2-3,10-12,23H2,1H3;1H/t19-;/m0./s1. The Kier molecular flexibility index (Phi) is 7.99. The van der Waals surface area contributed by atoms with Gasteiger partial charge in [-0.25, -0.2) is 9.18 Å². The number of benzene rings is 2. The van der Waals surface area contributed by atoms with Crippen LogP contribution in [-0.4, -0.2) is 43.0 Å². The highest BCUT2D eigenvalue weighted by molar-refractivity contribution is 5.97. The fraction of sp³-hybridized carbons (Fsp3) is 0.333. The second-order valence-electron chi connectivity index (χ2n) is 6.61. The molecule has 1 heterocycles. The van der Waals surface area contributed by atoms with Gasteiger partial charge < -0.3 is 20.1 Å². The quantitative estimate of drug-likeness (QED) is 0.722. The molecule has 8 heteroatoms. The second kappa shape index (κ2) is 10.2. The van der Waals surface area contributed by atoms with E-state index in [1.54, 1.807) is 12.1 Å². The van der Waals surface area contributed by atoms with Crippen LogP contribution in [0.4, 0.5) is 4.39 Å². The maximum absolute atomic E-state index is 14.3. The van der Waals surface area contributed by atoms with Gasteiger partial charge in [0.15, 0.2) is 0 Å². The lowest BCUT2D eigenvalue weighted by Crippen LogP contribution is -2.41. The van der Waals surface area contributed by atoms with Crippen molar-refractivity contribution in [1.29, 1.82) is 0 Å². The average Bonchev–Trinajstić information content (AvgIpc) is 3.20. The van der Waals surface area contributed by atoms with Gasteiger partial charge in [-0.15, -0.1) is 12.4 Å². The number of halogens is 2. The zero-order chi connectivity index (χ0) is 20.1. The third-order valence-electron chi connectivity index (χ3n) is 4.75. The molecule has 156 valence electrons. The summed E-state index contributed by atoms with van der Waals surface area (Å²) >= 11 is 0. The number of nitrogens with zero attached hydrogens (tertiary/aromatic N) is 1. The van der Waals surface area contributed by atoms with E-state index in [2.05, 4.69) is 0 Å². The van der Waals surface area contributed by atoms with Crippen LogP contribution >= 0.6 is 12.4 Å². The van der Waals surface area contributed by atoms with Crippen LogP contribution in [-0.2, 0) is 16.0 Å². The third-order valence-corrected chi connectivity index (χ3v) is 4.75. The maximum Gasteiger partial charge on any atom is 0.328 e. The molecule has 2 N–H and O–H groups in total. The Labute approximate surface area is 175 Å². The van der Waals surface area contributed by atoms with Crippen molar-refractivity contribution in [1.82, 2.24) is 4.90 Å². The fourth-order valence-corrected chi connectivity index (χ4v) is 3.30. The number of carbonyl (C=O) groups excluding carboxylic acids is 2. The van der Waals surface area contributed by atoms with Gasteiger partial charge in [0.25, 0.3) is 5.91 Å². The van der Waals surface area contributed by atoms with Gasteiger partial charge in [-0.05, 0) is 61.7 Å². The minimum Gasteiger partial charge on any atom is -0.467 e. The molecule has 0 saturated carbocycles. The molecule has 1 amide bonds. The molecule has 0 spiro atoms. The number of amides is 1. The van der Waals surface area contributed by atoms with Crippen LogP contribution < -0.4 is 10.5 Å². The van der Waals surface area contributed by atoms with Gasteiger partial charge >= 0.3 is 5.97 Å². The summed E-state index contributed by atoms with van der Waals surface area (Å²) in [4.78, 5) is 26.1. The number of hydrogen-bond donors (Lipinski definition) is 1. The second-order valence-corrected chi connectivity index (χ2v) is 6.61. The third kappa shape index (κ3) is 5.25. The van der Waals surface area contributed by atoms with Gasteiger partial charge in [-0.2, -0.15) is 0 Å². The van der Waals surface area contributed by atoms with Crippen LogP contribution in [0.5, 0.6) is 11.5 Å². The Balaban J connectivity index is 0.00000300. The summed E-state index contributed by atoms with van der Waals surface area (Å²) in [5, 5.41) is 0. The molecular weight excluding hydrogens is 399 g/mol. The number of likely N-dealkylation sites (tertiary alicyclic amines) is 1. The molecule has 1 saturated heterocycles. The smallest absolute Gasteiger partial charge is 0.328 e. The monoisotopic (exact) mass is 422 g/mol. The Hall–Kier alpha value is -2.64. The van der Waals surface area contributed by atoms with Crippen molar-refractivity contribution >= 4 is 24.3 Å². The summed E-state index contributed by atoms with van der Waals surface area (Å²) in [6.45, 7) is 0.943. The summed E-state index contributed by atoms with van der Waals surface area (Å²) in [6, 6.07) is 10.7. The van der Waals surface area contributed by atoms with Crippen LogP contribution in [0, 0.1) is 5.82 Å². The Morgan fingerprint density at radius 3 is 2.52 bits per heavy atom. The molecular formula is C21H24ClFN2O4. The molecule has 0 aromatic heterocycles. The molecule has 6 nitrogen and oxygen atoms in total. The molecule has 0 aliphatic carbocycles. The van der Waals surface area contributed by atoms with Gasteiger partial charge in [-0.1, -0.05) is 12.1 Å². The number of rotatable bonds is 6. The largest absolute Gasteiger partial charge is 0.467 e. The maximum atomic E-state index is 14.3. The number of methoxy groups -OCH3 is 1. The van der Waals surface area contributed by atoms with Crippen molar-refractivity contribution in [2.45, 2.75) is 25.3 Å². The zero-order valence-corrected chi connectivity index (χ0v) is 16.9. The van der Waals surface area contributed by atoms with Gasteiger partial charge in [0.1, 0.15) is 23.4 Å². The lowest BCUT2D eigenvalue weighted by atomic mass is 10.1. The normalized spacial score (nSPS) is 15.6. The van der Waals surface area contributed by atoms with Crippen LogP contribution in [0.15, 0.2) is 42.5 Å². The molecule has 1 aliphatic rings. The zero-order valence-electron chi connectivity index (χ0n) is 16.1. The van der Waals surface area contributed by atoms with E-state index in [1.807, 2.05) is 12.1 Å². The van der Waals surface area contributed by atoms with Crippen molar-refractivity contribution < 1.29 is 23.5 Å². The number of hydrogen-bond acceptors (Lipinski definition) is 5. The van der Waals surface area contributed by atoms with Crippen LogP contribution in [0.1, 0.15) is 28.8 Å². The molecule has 0 radical (unpaired) electrons. The van der Waals surface area contributed by atoms with E-state index in [0.717, 1.165) is 12.0 Å². The van der Waals surface area contributed by atoms with Crippen LogP contribution in [0.3, 0.4) is 0 Å². The first kappa shape index (κ1) is 22.6. The van der Waals surface area contributed by atoms with Gasteiger partial charge in [0.05, 0.1) is 12.7 Å². The highest BCUT2D eigenvalue weighted by atomic mass is 35.5. The molecule has 2 aromatic carbocycles. The van der Waals surface area contributed by atoms with E-state index in [-0.39, 0.29) is 18.0 Å². The van der Waals surface area contributed by atoms with E-state index in [0.29, 0.717) is 37.4 Å². The molecule has 1 fully saturated rings. The predicted molar refractivity (Wildman–Crippen MR) is 109 cm³/mol. The summed E-state index contributed by atoms with van der Waals surface area (Å²) in [5.41, 5.74) is 6.50. The SMILES string of the molecule is COC(=O)[C@@H]1CCCN1C(=O)c1cc(Oc2ccc(CCN)cc2)ccc1F.Cl. The predicted octanol–water partition coefficient (Wildman–Crippen LogP) is 3.32. The Morgan fingerprint density at radius 2 is 1.86 bits per heavy atom. The molecule has 0 bridgehead atoms. The minimum absolute atomic E-state index is 0.